The molecule has 1 aliphatic heterocycles. The molecule has 0 atom stereocenters. The van der Waals surface area contributed by atoms with Gasteiger partial charge in [-0.1, -0.05) is 12.1 Å². The van der Waals surface area contributed by atoms with E-state index in [0.717, 1.165) is 5.56 Å². The number of hydrogen-bond donors (Lipinski definition) is 0. The molecule has 1 saturated heterocycles. The Kier molecular flexibility index (Phi) is 3.85. The van der Waals surface area contributed by atoms with Crippen LogP contribution in [0.25, 0.3) is 6.08 Å². The van der Waals surface area contributed by atoms with Crippen LogP contribution < -0.4 is 0 Å². The summed E-state index contributed by atoms with van der Waals surface area (Å²) in [5.74, 6) is 1.85. The zero-order valence-corrected chi connectivity index (χ0v) is 12.6. The van der Waals surface area contributed by atoms with Gasteiger partial charge in [-0.05, 0) is 46.2 Å². The molecular weight excluding hydrogens is 253 g/mol. The van der Waals surface area contributed by atoms with Gasteiger partial charge in [0.1, 0.15) is 0 Å². The van der Waals surface area contributed by atoms with Crippen molar-refractivity contribution in [3.63, 3.8) is 0 Å². The van der Waals surface area contributed by atoms with Crippen molar-refractivity contribution in [2.24, 2.45) is 0 Å². The Morgan fingerprint density at radius 3 is 2.35 bits per heavy atom. The lowest BCUT2D eigenvalue weighted by molar-refractivity contribution is 0.00578. The molecule has 2 heterocycles. The fourth-order valence-electron chi connectivity index (χ4n) is 1.90. The van der Waals surface area contributed by atoms with E-state index in [2.05, 4.69) is 4.98 Å². The molecule has 0 N–H and O–H groups in total. The predicted molar refractivity (Wildman–Crippen MR) is 79.4 cm³/mol. The molecule has 0 spiro atoms. The highest BCUT2D eigenvalue weighted by molar-refractivity contribution is 6.52. The van der Waals surface area contributed by atoms with Gasteiger partial charge in [0.15, 0.2) is 5.78 Å². The van der Waals surface area contributed by atoms with Crippen LogP contribution in [-0.4, -0.2) is 29.1 Å². The van der Waals surface area contributed by atoms with Gasteiger partial charge >= 0.3 is 7.12 Å². The lowest BCUT2D eigenvalue weighted by Crippen LogP contribution is -2.41. The van der Waals surface area contributed by atoms with Gasteiger partial charge in [0.05, 0.1) is 11.2 Å². The highest BCUT2D eigenvalue weighted by atomic mass is 16.7. The molecule has 0 unspecified atom stereocenters. The van der Waals surface area contributed by atoms with Crippen molar-refractivity contribution >= 4 is 19.0 Å². The summed E-state index contributed by atoms with van der Waals surface area (Å²) in [6, 6.07) is 1.80. The van der Waals surface area contributed by atoms with E-state index in [4.69, 9.17) is 9.31 Å². The minimum Gasteiger partial charge on any atom is -0.400 e. The maximum atomic E-state index is 11.3. The smallest absolute Gasteiger partial charge is 0.400 e. The minimum absolute atomic E-state index is 0.00313. The number of ketones is 1. The first kappa shape index (κ1) is 14.9. The summed E-state index contributed by atoms with van der Waals surface area (Å²) in [6.07, 6.45) is 5.13. The first-order valence-corrected chi connectivity index (χ1v) is 6.71. The summed E-state index contributed by atoms with van der Waals surface area (Å²) in [5.41, 5.74) is 0.761. The summed E-state index contributed by atoms with van der Waals surface area (Å²) >= 11 is 0. The van der Waals surface area contributed by atoms with Crippen molar-refractivity contribution < 1.29 is 14.1 Å². The largest absolute Gasteiger partial charge is 0.487 e. The summed E-state index contributed by atoms with van der Waals surface area (Å²) in [7, 11) is -0.388. The molecule has 1 aliphatic rings. The fraction of sp³-hybridized carbons (Fsp3) is 0.467. The number of aromatic nitrogens is 1. The second-order valence-electron chi connectivity index (χ2n) is 6.05. The quantitative estimate of drug-likeness (QED) is 0.627. The van der Waals surface area contributed by atoms with Crippen molar-refractivity contribution in [1.82, 2.24) is 4.98 Å². The molecule has 1 aromatic heterocycles. The molecule has 20 heavy (non-hydrogen) atoms. The second-order valence-corrected chi connectivity index (χ2v) is 6.05. The van der Waals surface area contributed by atoms with E-state index in [9.17, 15) is 4.79 Å². The molecule has 4 nitrogen and oxygen atoms in total. The zero-order valence-electron chi connectivity index (χ0n) is 12.6. The number of carbonyl (C=O) groups excluding carboxylic acids is 1. The molecule has 5 heteroatoms. The first-order chi connectivity index (χ1) is 9.21. The van der Waals surface area contributed by atoms with Crippen LogP contribution in [0.15, 0.2) is 24.4 Å². The van der Waals surface area contributed by atoms with Gasteiger partial charge in [0.25, 0.3) is 0 Å². The molecule has 0 amide bonds. The first-order valence-electron chi connectivity index (χ1n) is 6.71. The van der Waals surface area contributed by atoms with E-state index in [1.54, 1.807) is 18.5 Å². The molecule has 106 valence electrons. The molecule has 0 bridgehead atoms. The Hall–Kier alpha value is -1.46. The number of nitrogens with zero attached hydrogens (tertiary/aromatic N) is 1. The molecule has 0 saturated carbocycles. The summed E-state index contributed by atoms with van der Waals surface area (Å²) in [4.78, 5) is 15.4. The fourth-order valence-corrected chi connectivity index (χ4v) is 1.90. The molecular formula is C15H20BNO3. The topological polar surface area (TPSA) is 48.4 Å². The van der Waals surface area contributed by atoms with Gasteiger partial charge in [0, 0.05) is 18.0 Å². The summed E-state index contributed by atoms with van der Waals surface area (Å²) < 4.78 is 11.7. The Bertz CT molecular complexity index is 536. The number of Topliss-reactive ketones (excluding diaryl/α,β-unsaturated/α-hetero) is 1. The van der Waals surface area contributed by atoms with Crippen LogP contribution >= 0.6 is 0 Å². The van der Waals surface area contributed by atoms with Crippen LogP contribution in [0.5, 0.6) is 0 Å². The van der Waals surface area contributed by atoms with Crippen molar-refractivity contribution in [3.8, 4) is 0 Å². The molecule has 1 aromatic rings. The maximum absolute atomic E-state index is 11.3. The highest BCUT2D eigenvalue weighted by Gasteiger charge is 2.49. The second kappa shape index (κ2) is 5.15. The summed E-state index contributed by atoms with van der Waals surface area (Å²) in [5, 5.41) is 0. The Balaban J connectivity index is 2.12. The third-order valence-electron chi connectivity index (χ3n) is 3.88. The third kappa shape index (κ3) is 2.99. The van der Waals surface area contributed by atoms with E-state index in [1.807, 2.05) is 39.7 Å². The average Bonchev–Trinajstić information content (AvgIpc) is 2.56. The lowest BCUT2D eigenvalue weighted by atomic mass is 9.89. The predicted octanol–water partition coefficient (Wildman–Crippen LogP) is 2.93. The van der Waals surface area contributed by atoms with E-state index in [0.29, 0.717) is 5.56 Å². The van der Waals surface area contributed by atoms with Crippen molar-refractivity contribution in [2.45, 2.75) is 45.8 Å². The Labute approximate surface area is 120 Å². The monoisotopic (exact) mass is 273 g/mol. The van der Waals surface area contributed by atoms with Gasteiger partial charge in [-0.3, -0.25) is 9.78 Å². The normalized spacial score (nSPS) is 20.6. The van der Waals surface area contributed by atoms with Gasteiger partial charge in [0.2, 0.25) is 0 Å². The van der Waals surface area contributed by atoms with Crippen LogP contribution in [0.4, 0.5) is 0 Å². The van der Waals surface area contributed by atoms with Crippen LogP contribution in [0, 0.1) is 0 Å². The highest BCUT2D eigenvalue weighted by Crippen LogP contribution is 2.36. The lowest BCUT2D eigenvalue weighted by Gasteiger charge is -2.32. The average molecular weight is 273 g/mol. The van der Waals surface area contributed by atoms with Crippen molar-refractivity contribution in [3.05, 3.63) is 35.6 Å². The number of pyridine rings is 1. The Morgan fingerprint density at radius 2 is 1.80 bits per heavy atom. The van der Waals surface area contributed by atoms with Crippen LogP contribution in [0.3, 0.4) is 0 Å². The molecule has 1 fully saturated rings. The van der Waals surface area contributed by atoms with Crippen LogP contribution in [-0.2, 0) is 9.31 Å². The maximum Gasteiger partial charge on any atom is 0.487 e. The standard InChI is InChI=1S/C15H20BNO3/c1-11(18)13-8-12(9-17-10-13)6-7-16-19-14(2,3)15(4,5)20-16/h6-10H,1-5H3/b7-6+. The van der Waals surface area contributed by atoms with Crippen LogP contribution in [0.1, 0.15) is 50.5 Å². The van der Waals surface area contributed by atoms with E-state index in [-0.39, 0.29) is 24.1 Å². The molecule has 0 aliphatic carbocycles. The summed E-state index contributed by atoms with van der Waals surface area (Å²) in [6.45, 7) is 9.58. The molecule has 2 rings (SSSR count). The molecule has 0 radical (unpaired) electrons. The van der Waals surface area contributed by atoms with Gasteiger partial charge in [-0.2, -0.15) is 0 Å². The van der Waals surface area contributed by atoms with Gasteiger partial charge < -0.3 is 9.31 Å². The van der Waals surface area contributed by atoms with Gasteiger partial charge in [-0.25, -0.2) is 0 Å². The van der Waals surface area contributed by atoms with Crippen LogP contribution in [0.2, 0.25) is 0 Å². The third-order valence-corrected chi connectivity index (χ3v) is 3.88. The SMILES string of the molecule is CC(=O)c1cncc(/C=C/B2OC(C)(C)C(C)(C)O2)c1. The van der Waals surface area contributed by atoms with Crippen molar-refractivity contribution in [2.75, 3.05) is 0 Å². The van der Waals surface area contributed by atoms with E-state index >= 15 is 0 Å². The van der Waals surface area contributed by atoms with Crippen molar-refractivity contribution in [1.29, 1.82) is 0 Å². The zero-order chi connectivity index (χ0) is 15.0. The Morgan fingerprint density at radius 1 is 1.20 bits per heavy atom. The number of rotatable bonds is 3. The number of hydrogen-bond acceptors (Lipinski definition) is 4. The van der Waals surface area contributed by atoms with Gasteiger partial charge in [-0.15, -0.1) is 0 Å². The molecule has 0 aromatic carbocycles. The number of carbonyl (C=O) groups is 1. The van der Waals surface area contributed by atoms with E-state index < -0.39 is 0 Å². The minimum atomic E-state index is -0.388. The van der Waals surface area contributed by atoms with E-state index in [1.165, 1.54) is 6.92 Å².